The van der Waals surface area contributed by atoms with E-state index in [4.69, 9.17) is 9.51 Å². The van der Waals surface area contributed by atoms with E-state index in [1.807, 2.05) is 0 Å². The number of amides is 1. The number of anilines is 2. The molecule has 3 atom stereocenters. The summed E-state index contributed by atoms with van der Waals surface area (Å²) in [6.45, 7) is 5.53. The van der Waals surface area contributed by atoms with Crippen LogP contribution in [0.15, 0.2) is 24.4 Å². The second-order valence-corrected chi connectivity index (χ2v) is 11.2. The molecule has 3 unspecified atom stereocenters. The maximum Gasteiger partial charge on any atom is 1.00 e. The third kappa shape index (κ3) is 8.14. The molecule has 1 aromatic heterocycles. The first kappa shape index (κ1) is 33.1. The maximum atomic E-state index is 13.3. The molecule has 1 saturated heterocycles. The first-order valence-electron chi connectivity index (χ1n) is 13.0. The molecule has 3 fully saturated rings. The average Bonchev–Trinajstić information content (AvgIpc) is 3.55. The minimum Gasteiger partial charge on any atom is -0.820 e. The fourth-order valence-electron chi connectivity index (χ4n) is 5.64. The Morgan fingerprint density at radius 1 is 1.18 bits per heavy atom. The van der Waals surface area contributed by atoms with E-state index in [0.29, 0.717) is 61.4 Å². The van der Waals surface area contributed by atoms with Gasteiger partial charge >= 0.3 is 59.1 Å². The molecule has 0 spiro atoms. The van der Waals surface area contributed by atoms with Crippen molar-refractivity contribution in [3.05, 3.63) is 46.6 Å². The molecule has 3 N–H and O–H groups in total. The third-order valence-corrected chi connectivity index (χ3v) is 8.51. The largest absolute Gasteiger partial charge is 1.00 e. The van der Waals surface area contributed by atoms with Gasteiger partial charge in [-0.05, 0) is 74.5 Å². The monoisotopic (exact) mass is 573 g/mol. The Morgan fingerprint density at radius 2 is 1.92 bits per heavy atom. The van der Waals surface area contributed by atoms with Gasteiger partial charge < -0.3 is 35.0 Å². The van der Waals surface area contributed by atoms with Crippen molar-refractivity contribution in [1.82, 2.24) is 15.3 Å². The summed E-state index contributed by atoms with van der Waals surface area (Å²) >= 11 is 0. The van der Waals surface area contributed by atoms with Crippen LogP contribution in [0.25, 0.3) is 0 Å². The van der Waals surface area contributed by atoms with Gasteiger partial charge in [0.25, 0.3) is 5.91 Å². The second-order valence-electron chi connectivity index (χ2n) is 10.5. The number of piperidine rings is 1. The Morgan fingerprint density at radius 3 is 2.59 bits per heavy atom. The minimum atomic E-state index is -2.87. The summed E-state index contributed by atoms with van der Waals surface area (Å²) < 4.78 is 4.92. The molecule has 1 amide bonds. The van der Waals surface area contributed by atoms with Gasteiger partial charge in [0.15, 0.2) is 0 Å². The summed E-state index contributed by atoms with van der Waals surface area (Å²) in [6, 6.07) is 6.20. The summed E-state index contributed by atoms with van der Waals surface area (Å²) in [7, 11) is -2.87. The van der Waals surface area contributed by atoms with Gasteiger partial charge in [-0.25, -0.2) is 4.98 Å². The molecule has 2 saturated carbocycles. The van der Waals surface area contributed by atoms with Crippen LogP contribution in [0.5, 0.6) is 0 Å². The van der Waals surface area contributed by atoms with Crippen LogP contribution in [0.2, 0.25) is 0 Å². The number of fused-ring (bicyclic) bond motifs is 1. The van der Waals surface area contributed by atoms with E-state index < -0.39 is 8.60 Å². The van der Waals surface area contributed by atoms with Gasteiger partial charge in [-0.1, -0.05) is 18.2 Å². The first-order chi connectivity index (χ1) is 17.8. The van der Waals surface area contributed by atoms with Crippen LogP contribution in [0, 0.1) is 25.7 Å². The zero-order valence-corrected chi connectivity index (χ0v) is 28.1. The maximum absolute atomic E-state index is 13.3. The smallest absolute Gasteiger partial charge is 0.820 e. The number of aryl methyl sites for hydroxylation is 2. The molecule has 13 heteroatoms. The number of hydrogen-bond acceptors (Lipinski definition) is 9. The number of carbonyl (C=O) groups excluding carboxylic acids is 1. The number of aliphatic hydroxyl groups is 1. The van der Waals surface area contributed by atoms with Crippen molar-refractivity contribution in [2.75, 3.05) is 23.4 Å². The summed E-state index contributed by atoms with van der Waals surface area (Å²) in [4.78, 5) is 46.3. The van der Waals surface area contributed by atoms with Crippen LogP contribution in [0.1, 0.15) is 59.2 Å². The average molecular weight is 574 g/mol. The summed E-state index contributed by atoms with van der Waals surface area (Å²) in [5.74, 6) is 1.78. The third-order valence-electron chi connectivity index (χ3n) is 8.04. The zero-order valence-electron chi connectivity index (χ0n) is 23.2. The fourth-order valence-corrected chi connectivity index (χ4v) is 6.10. The molecule has 2 aliphatic carbocycles. The molecular formula is C26H34N5Na2O5P. The number of carbonyl (C=O) groups is 1. The van der Waals surface area contributed by atoms with Crippen molar-refractivity contribution in [2.24, 2.45) is 11.8 Å². The Hall–Kier alpha value is -0.360. The number of benzene rings is 1. The van der Waals surface area contributed by atoms with Crippen molar-refractivity contribution in [3.63, 3.8) is 0 Å². The quantitative estimate of drug-likeness (QED) is 0.200. The van der Waals surface area contributed by atoms with Crippen LogP contribution in [-0.2, 0) is 11.1 Å². The summed E-state index contributed by atoms with van der Waals surface area (Å²) in [6.07, 6.45) is 4.80. The van der Waals surface area contributed by atoms with E-state index in [1.54, 1.807) is 6.20 Å². The summed E-state index contributed by atoms with van der Waals surface area (Å²) in [5, 5.41) is 16.4. The van der Waals surface area contributed by atoms with E-state index in [9.17, 15) is 19.7 Å². The predicted octanol–water partition coefficient (Wildman–Crippen LogP) is -4.46. The molecule has 5 rings (SSSR count). The molecule has 1 aromatic carbocycles. The molecular weight excluding hydrogens is 539 g/mol. The standard InChI is InChI=1S/C26H34N5O5P.2Na/c1-15-3-4-17(9-16(15)2)11-27-24-22(25(33)29-19-5-7-20(8-6-19)36-37(34)35)12-28-26(30-24)31-13-18-10-21(18)23(31)14-32;;/h3-4,9,12,18-21,23,32H,5-8,10-11,13-14H2,1-2H3,(H,29,33)(H,27,28,30);;/q-2;2*+1. The summed E-state index contributed by atoms with van der Waals surface area (Å²) in [5.41, 5.74) is 3.86. The molecule has 200 valence electrons. The van der Waals surface area contributed by atoms with Crippen molar-refractivity contribution in [1.29, 1.82) is 0 Å². The van der Waals surface area contributed by atoms with Gasteiger partial charge in [0.1, 0.15) is 11.4 Å². The molecule has 0 bridgehead atoms. The van der Waals surface area contributed by atoms with Gasteiger partial charge in [-0.15, -0.1) is 0 Å². The van der Waals surface area contributed by atoms with Crippen molar-refractivity contribution < 1.29 is 83.3 Å². The fraction of sp³-hybridized carbons (Fsp3) is 0.577. The second kappa shape index (κ2) is 14.7. The number of aromatic nitrogens is 2. The van der Waals surface area contributed by atoms with Crippen LogP contribution in [0.4, 0.5) is 11.8 Å². The first-order valence-corrected chi connectivity index (χ1v) is 14.1. The van der Waals surface area contributed by atoms with Crippen LogP contribution in [-0.4, -0.2) is 52.3 Å². The number of hydrogen-bond donors (Lipinski definition) is 3. The van der Waals surface area contributed by atoms with Gasteiger partial charge in [0.2, 0.25) is 5.95 Å². The van der Waals surface area contributed by atoms with Crippen LogP contribution in [0.3, 0.4) is 0 Å². The molecule has 10 nitrogen and oxygen atoms in total. The van der Waals surface area contributed by atoms with E-state index in [1.165, 1.54) is 11.1 Å². The van der Waals surface area contributed by atoms with Crippen molar-refractivity contribution >= 4 is 26.3 Å². The van der Waals surface area contributed by atoms with Crippen molar-refractivity contribution in [3.8, 4) is 0 Å². The van der Waals surface area contributed by atoms with E-state index in [0.717, 1.165) is 18.5 Å². The van der Waals surface area contributed by atoms with Crippen LogP contribution >= 0.6 is 8.60 Å². The van der Waals surface area contributed by atoms with Gasteiger partial charge in [0, 0.05) is 25.3 Å². The number of nitrogens with zero attached hydrogens (tertiary/aromatic N) is 3. The Kier molecular flexibility index (Phi) is 12.5. The van der Waals surface area contributed by atoms with Gasteiger partial charge in [-0.3, -0.25) is 4.79 Å². The Balaban J connectivity index is 0.00000210. The topological polar surface area (TPSA) is 146 Å². The SMILES string of the molecule is Cc1ccc(CNc2nc(N3CC4CC4C3CO)ncc2C(=O)NC2CCC(OP([O-])[O-])CC2)cc1C.[Na+].[Na+]. The normalized spacial score (nSPS) is 25.4. The number of rotatable bonds is 9. The van der Waals surface area contributed by atoms with E-state index in [-0.39, 0.29) is 89.8 Å². The zero-order chi connectivity index (χ0) is 26.1. The molecule has 39 heavy (non-hydrogen) atoms. The number of nitrogens with one attached hydrogen (secondary N) is 2. The van der Waals surface area contributed by atoms with Crippen LogP contribution < -0.4 is 84.4 Å². The van der Waals surface area contributed by atoms with Crippen molar-refractivity contribution in [2.45, 2.75) is 70.7 Å². The molecule has 2 aromatic rings. The van der Waals surface area contributed by atoms with E-state index in [2.05, 4.69) is 52.6 Å². The molecule has 3 aliphatic rings. The Labute approximate surface area is 275 Å². The van der Waals surface area contributed by atoms with Gasteiger partial charge in [-0.2, -0.15) is 13.6 Å². The Bertz CT molecular complexity index is 1140. The van der Waals surface area contributed by atoms with Gasteiger partial charge in [0.05, 0.1) is 18.8 Å². The molecule has 2 heterocycles. The van der Waals surface area contributed by atoms with E-state index >= 15 is 0 Å². The molecule has 1 aliphatic heterocycles. The number of aliphatic hydroxyl groups excluding tert-OH is 1. The minimum absolute atomic E-state index is 0. The molecule has 0 radical (unpaired) electrons. The predicted molar refractivity (Wildman–Crippen MR) is 137 cm³/mol.